The molecule has 4 atom stereocenters. The lowest BCUT2D eigenvalue weighted by molar-refractivity contribution is 0.0415. The molecule has 0 spiro atoms. The largest absolute Gasteiger partial charge is 0.474 e. The van der Waals surface area contributed by atoms with Crippen LogP contribution in [-0.4, -0.2) is 76.1 Å². The Balaban J connectivity index is 1.66. The van der Waals surface area contributed by atoms with Crippen LogP contribution in [0.2, 0.25) is 0 Å². The van der Waals surface area contributed by atoms with Crippen LogP contribution in [0.15, 0.2) is 12.4 Å². The number of aromatic nitrogens is 3. The van der Waals surface area contributed by atoms with Crippen molar-refractivity contribution in [2.24, 2.45) is 0 Å². The molecule has 1 aliphatic heterocycles. The Hall–Kier alpha value is -2.03. The number of hydrogen-bond donors (Lipinski definition) is 2. The van der Waals surface area contributed by atoms with Gasteiger partial charge in [-0.3, -0.25) is 0 Å². The van der Waals surface area contributed by atoms with E-state index in [1.807, 2.05) is 19.3 Å². The molecule has 2 fully saturated rings. The van der Waals surface area contributed by atoms with Gasteiger partial charge in [0.2, 0.25) is 11.8 Å². The number of fused-ring (bicyclic) bond motifs is 1. The predicted molar refractivity (Wildman–Crippen MR) is 130 cm³/mol. The van der Waals surface area contributed by atoms with Gasteiger partial charge in [0, 0.05) is 43.2 Å². The summed E-state index contributed by atoms with van der Waals surface area (Å²) in [4.78, 5) is 16.7. The van der Waals surface area contributed by atoms with E-state index in [1.165, 1.54) is 0 Å². The van der Waals surface area contributed by atoms with Gasteiger partial charge >= 0.3 is 0 Å². The Morgan fingerprint density at radius 2 is 1.82 bits per heavy atom. The van der Waals surface area contributed by atoms with Gasteiger partial charge in [-0.2, -0.15) is 0 Å². The summed E-state index contributed by atoms with van der Waals surface area (Å²) in [5.74, 6) is 1.54. The first-order chi connectivity index (χ1) is 15.9. The van der Waals surface area contributed by atoms with Crippen molar-refractivity contribution in [3.63, 3.8) is 0 Å². The Labute approximate surface area is 197 Å². The van der Waals surface area contributed by atoms with Crippen molar-refractivity contribution in [1.82, 2.24) is 19.9 Å². The van der Waals surface area contributed by atoms with E-state index >= 15 is 0 Å². The second-order valence-electron chi connectivity index (χ2n) is 10.1. The van der Waals surface area contributed by atoms with Gasteiger partial charge in [0.15, 0.2) is 0 Å². The van der Waals surface area contributed by atoms with Gasteiger partial charge in [-0.1, -0.05) is 0 Å². The zero-order valence-electron chi connectivity index (χ0n) is 20.6. The normalized spacial score (nSPS) is 29.7. The zero-order chi connectivity index (χ0) is 23.5. The second kappa shape index (κ2) is 10.5. The molecule has 1 unspecified atom stereocenters. The lowest BCUT2D eigenvalue weighted by Gasteiger charge is -2.40. The highest BCUT2D eigenvalue weighted by Gasteiger charge is 2.31. The summed E-state index contributed by atoms with van der Waals surface area (Å²) in [6, 6.07) is 1.03. The molecule has 3 heterocycles. The average molecular weight is 458 g/mol. The summed E-state index contributed by atoms with van der Waals surface area (Å²) >= 11 is 0. The highest BCUT2D eigenvalue weighted by molar-refractivity contribution is 5.86. The molecule has 2 aromatic heterocycles. The van der Waals surface area contributed by atoms with Crippen molar-refractivity contribution < 1.29 is 14.6 Å². The maximum Gasteiger partial charge on any atom is 0.224 e. The number of pyridine rings is 1. The van der Waals surface area contributed by atoms with E-state index in [0.29, 0.717) is 36.4 Å². The van der Waals surface area contributed by atoms with Gasteiger partial charge in [-0.25, -0.2) is 15.0 Å². The topological polar surface area (TPSA) is 92.6 Å². The van der Waals surface area contributed by atoms with E-state index in [-0.39, 0.29) is 18.2 Å². The monoisotopic (exact) mass is 457 g/mol. The molecule has 1 aliphatic carbocycles. The molecule has 0 aromatic carbocycles. The van der Waals surface area contributed by atoms with Crippen LogP contribution >= 0.6 is 0 Å². The molecular weight excluding hydrogens is 418 g/mol. The highest BCUT2D eigenvalue weighted by atomic mass is 16.5. The zero-order valence-corrected chi connectivity index (χ0v) is 20.6. The fourth-order valence-electron chi connectivity index (χ4n) is 5.26. The molecule has 1 saturated heterocycles. The highest BCUT2D eigenvalue weighted by Crippen LogP contribution is 2.38. The molecule has 2 aromatic rings. The van der Waals surface area contributed by atoms with Crippen LogP contribution in [0.5, 0.6) is 5.88 Å². The van der Waals surface area contributed by atoms with Crippen molar-refractivity contribution in [1.29, 1.82) is 0 Å². The molecule has 2 aliphatic rings. The third-order valence-corrected chi connectivity index (χ3v) is 7.42. The van der Waals surface area contributed by atoms with Crippen LogP contribution in [-0.2, 0) is 4.74 Å². The number of piperidine rings is 1. The van der Waals surface area contributed by atoms with Gasteiger partial charge in [-0.05, 0) is 72.3 Å². The number of rotatable bonds is 7. The number of ether oxygens (including phenoxy) is 2. The van der Waals surface area contributed by atoms with Gasteiger partial charge < -0.3 is 24.8 Å². The van der Waals surface area contributed by atoms with Crippen LogP contribution in [0, 0.1) is 0 Å². The Morgan fingerprint density at radius 3 is 2.48 bits per heavy atom. The molecule has 0 bridgehead atoms. The standard InChI is InChI=1S/C25H39N5O3/c1-15(14-32-5)28-25-27-13-22-23(29-25)21(18-6-8-19(31)9-7-18)12-26-24(22)33-20-10-16(2)30(4)17(3)11-20/h12-13,15-20,31H,6-11,14H2,1-5H3,(H,27,28,29)/t15-,16-,17+,18?,19?,20?/m0/s1. The number of aliphatic hydroxyl groups excluding tert-OH is 1. The number of hydrogen-bond acceptors (Lipinski definition) is 8. The molecule has 8 nitrogen and oxygen atoms in total. The summed E-state index contributed by atoms with van der Waals surface area (Å²) in [5, 5.41) is 14.2. The smallest absolute Gasteiger partial charge is 0.224 e. The van der Waals surface area contributed by atoms with Crippen molar-refractivity contribution in [3.05, 3.63) is 18.0 Å². The number of aliphatic hydroxyl groups is 1. The van der Waals surface area contributed by atoms with E-state index in [9.17, 15) is 5.11 Å². The van der Waals surface area contributed by atoms with Crippen molar-refractivity contribution in [2.75, 3.05) is 26.1 Å². The number of nitrogens with one attached hydrogen (secondary N) is 1. The third kappa shape index (κ3) is 5.55. The van der Waals surface area contributed by atoms with Crippen LogP contribution < -0.4 is 10.1 Å². The van der Waals surface area contributed by atoms with Gasteiger partial charge in [0.25, 0.3) is 0 Å². The first-order valence-electron chi connectivity index (χ1n) is 12.3. The summed E-state index contributed by atoms with van der Waals surface area (Å²) in [6.07, 6.45) is 9.17. The van der Waals surface area contributed by atoms with Gasteiger partial charge in [0.1, 0.15) is 6.10 Å². The first-order valence-corrected chi connectivity index (χ1v) is 12.3. The molecule has 2 N–H and O–H groups in total. The lowest BCUT2D eigenvalue weighted by Crippen LogP contribution is -2.47. The lowest BCUT2D eigenvalue weighted by atomic mass is 9.83. The minimum absolute atomic E-state index is 0.0977. The minimum atomic E-state index is -0.196. The fraction of sp³-hybridized carbons (Fsp3) is 0.720. The SMILES string of the molecule is COC[C@H](C)Nc1ncc2c(OC3C[C@@H](C)N(C)[C@@H](C)C3)ncc(C3CCC(O)CC3)c2n1. The van der Waals surface area contributed by atoms with Crippen LogP contribution in [0.4, 0.5) is 5.95 Å². The Bertz CT molecular complexity index is 922. The predicted octanol–water partition coefficient (Wildman–Crippen LogP) is 3.74. The first kappa shape index (κ1) is 24.1. The van der Waals surface area contributed by atoms with Gasteiger partial charge in [0.05, 0.1) is 23.6 Å². The molecule has 4 rings (SSSR count). The minimum Gasteiger partial charge on any atom is -0.474 e. The van der Waals surface area contributed by atoms with Crippen LogP contribution in [0.25, 0.3) is 10.9 Å². The van der Waals surface area contributed by atoms with Crippen molar-refractivity contribution in [2.45, 2.75) is 95.5 Å². The van der Waals surface area contributed by atoms with Crippen LogP contribution in [0.1, 0.15) is 70.8 Å². The summed E-state index contributed by atoms with van der Waals surface area (Å²) in [6.45, 7) is 7.12. The van der Waals surface area contributed by atoms with E-state index in [4.69, 9.17) is 19.4 Å². The molecular formula is C25H39N5O3. The molecule has 1 saturated carbocycles. The molecule has 182 valence electrons. The number of anilines is 1. The van der Waals surface area contributed by atoms with E-state index in [1.54, 1.807) is 7.11 Å². The van der Waals surface area contributed by atoms with Crippen LogP contribution in [0.3, 0.4) is 0 Å². The second-order valence-corrected chi connectivity index (χ2v) is 10.1. The maximum absolute atomic E-state index is 9.98. The molecule has 8 heteroatoms. The summed E-state index contributed by atoms with van der Waals surface area (Å²) in [7, 11) is 3.87. The number of likely N-dealkylation sites (tertiary alicyclic amines) is 1. The average Bonchev–Trinajstić information content (AvgIpc) is 2.78. The van der Waals surface area contributed by atoms with Crippen molar-refractivity contribution in [3.8, 4) is 5.88 Å². The van der Waals surface area contributed by atoms with E-state index in [2.05, 4.69) is 36.1 Å². The molecule has 33 heavy (non-hydrogen) atoms. The van der Waals surface area contributed by atoms with E-state index in [0.717, 1.165) is 55.0 Å². The summed E-state index contributed by atoms with van der Waals surface area (Å²) in [5.41, 5.74) is 2.02. The molecule has 0 amide bonds. The molecule has 0 radical (unpaired) electrons. The van der Waals surface area contributed by atoms with Gasteiger partial charge in [-0.15, -0.1) is 0 Å². The third-order valence-electron chi connectivity index (χ3n) is 7.42. The number of nitrogens with zero attached hydrogens (tertiary/aromatic N) is 4. The Kier molecular flexibility index (Phi) is 7.66. The Morgan fingerprint density at radius 1 is 1.12 bits per heavy atom. The fourth-order valence-corrected chi connectivity index (χ4v) is 5.26. The quantitative estimate of drug-likeness (QED) is 0.650. The summed E-state index contributed by atoms with van der Waals surface area (Å²) < 4.78 is 11.7. The van der Waals surface area contributed by atoms with Crippen molar-refractivity contribution >= 4 is 16.9 Å². The maximum atomic E-state index is 9.98. The number of methoxy groups -OCH3 is 1. The van der Waals surface area contributed by atoms with E-state index < -0.39 is 0 Å².